The summed E-state index contributed by atoms with van der Waals surface area (Å²) in [4.78, 5) is 24.7. The van der Waals surface area contributed by atoms with Crippen molar-refractivity contribution in [3.63, 3.8) is 0 Å². The maximum Gasteiger partial charge on any atom is 0.282 e. The smallest absolute Gasteiger partial charge is 0.282 e. The standard InChI is InChI=1S/C15H19Cl2N3O2/c1-9(20-6-4-10(5-7-20)14(18)21)15(22)19-13-3-2-11(16)8-12(13)17/h2-3,8-10H,4-7H2,1H3,(H2,18,21)(H,19,22)/p+1/t9-/m0/s1. The minimum Gasteiger partial charge on any atom is -0.369 e. The van der Waals surface area contributed by atoms with E-state index in [0.717, 1.165) is 30.8 Å². The van der Waals surface area contributed by atoms with Crippen molar-refractivity contribution >= 4 is 40.7 Å². The van der Waals surface area contributed by atoms with Crippen molar-refractivity contribution in [1.29, 1.82) is 0 Å². The Morgan fingerprint density at radius 3 is 2.50 bits per heavy atom. The van der Waals surface area contributed by atoms with Crippen molar-refractivity contribution < 1.29 is 14.5 Å². The molecule has 0 radical (unpaired) electrons. The lowest BCUT2D eigenvalue weighted by molar-refractivity contribution is -0.919. The number of anilines is 1. The summed E-state index contributed by atoms with van der Waals surface area (Å²) in [6.45, 7) is 3.40. The number of primary amides is 1. The minimum absolute atomic E-state index is 0.0651. The van der Waals surface area contributed by atoms with Gasteiger partial charge in [0, 0.05) is 23.8 Å². The van der Waals surface area contributed by atoms with Gasteiger partial charge in [0.15, 0.2) is 6.04 Å². The number of likely N-dealkylation sites (tertiary alicyclic amines) is 1. The Morgan fingerprint density at radius 1 is 1.32 bits per heavy atom. The first-order valence-corrected chi connectivity index (χ1v) is 8.04. The van der Waals surface area contributed by atoms with Gasteiger partial charge in [0.2, 0.25) is 5.91 Å². The Hall–Kier alpha value is -1.30. The lowest BCUT2D eigenvalue weighted by atomic mass is 9.95. The second kappa shape index (κ2) is 7.31. The lowest BCUT2D eigenvalue weighted by Crippen LogP contribution is -3.17. The molecule has 0 unspecified atom stereocenters. The molecule has 0 bridgehead atoms. The Kier molecular flexibility index (Phi) is 5.67. The molecule has 1 aromatic carbocycles. The van der Waals surface area contributed by atoms with Gasteiger partial charge in [0.25, 0.3) is 5.91 Å². The van der Waals surface area contributed by atoms with Crippen LogP contribution in [0, 0.1) is 5.92 Å². The van der Waals surface area contributed by atoms with Crippen LogP contribution in [0.25, 0.3) is 0 Å². The number of piperidine rings is 1. The van der Waals surface area contributed by atoms with Crippen LogP contribution < -0.4 is 16.0 Å². The number of amides is 2. The van der Waals surface area contributed by atoms with Gasteiger partial charge in [-0.05, 0) is 25.1 Å². The molecule has 22 heavy (non-hydrogen) atoms. The molecular weight excluding hydrogens is 325 g/mol. The molecule has 1 saturated heterocycles. The second-order valence-electron chi connectivity index (χ2n) is 5.67. The van der Waals surface area contributed by atoms with Crippen LogP contribution in [0.4, 0.5) is 5.69 Å². The molecule has 2 amide bonds. The van der Waals surface area contributed by atoms with Gasteiger partial charge in [-0.1, -0.05) is 23.2 Å². The van der Waals surface area contributed by atoms with E-state index in [-0.39, 0.29) is 23.8 Å². The number of nitrogens with two attached hydrogens (primary N) is 1. The summed E-state index contributed by atoms with van der Waals surface area (Å²) < 4.78 is 0. The summed E-state index contributed by atoms with van der Waals surface area (Å²) in [5.74, 6) is -0.412. The first kappa shape index (κ1) is 17.1. The van der Waals surface area contributed by atoms with Crippen LogP contribution in [0.3, 0.4) is 0 Å². The first-order chi connectivity index (χ1) is 10.4. The molecule has 0 aromatic heterocycles. The third kappa shape index (κ3) is 4.12. The molecule has 1 fully saturated rings. The van der Waals surface area contributed by atoms with E-state index >= 15 is 0 Å². The number of quaternary nitrogens is 1. The van der Waals surface area contributed by atoms with E-state index in [9.17, 15) is 9.59 Å². The van der Waals surface area contributed by atoms with Gasteiger partial charge in [0.1, 0.15) is 0 Å². The average molecular weight is 345 g/mol. The van der Waals surface area contributed by atoms with E-state index < -0.39 is 0 Å². The molecule has 4 N–H and O–H groups in total. The number of carbonyl (C=O) groups excluding carboxylic acids is 2. The maximum absolute atomic E-state index is 12.3. The third-order valence-electron chi connectivity index (χ3n) is 4.22. The van der Waals surface area contributed by atoms with Crippen molar-refractivity contribution in [3.05, 3.63) is 28.2 Å². The molecule has 2 rings (SSSR count). The number of nitrogens with one attached hydrogen (secondary N) is 2. The molecule has 5 nitrogen and oxygen atoms in total. The van der Waals surface area contributed by atoms with Gasteiger partial charge in [-0.15, -0.1) is 0 Å². The predicted molar refractivity (Wildman–Crippen MR) is 87.2 cm³/mol. The average Bonchev–Trinajstić information content (AvgIpc) is 2.49. The highest BCUT2D eigenvalue weighted by atomic mass is 35.5. The van der Waals surface area contributed by atoms with Crippen LogP contribution in [-0.4, -0.2) is 30.9 Å². The molecule has 0 spiro atoms. The highest BCUT2D eigenvalue weighted by Crippen LogP contribution is 2.25. The maximum atomic E-state index is 12.3. The van der Waals surface area contributed by atoms with Crippen LogP contribution in [0.2, 0.25) is 10.0 Å². The van der Waals surface area contributed by atoms with Crippen molar-refractivity contribution in [3.8, 4) is 0 Å². The highest BCUT2D eigenvalue weighted by molar-refractivity contribution is 6.36. The van der Waals surface area contributed by atoms with Gasteiger partial charge >= 0.3 is 0 Å². The number of rotatable bonds is 4. The van der Waals surface area contributed by atoms with Gasteiger partial charge in [-0.25, -0.2) is 0 Å². The summed E-state index contributed by atoms with van der Waals surface area (Å²) in [5.41, 5.74) is 5.88. The summed E-state index contributed by atoms with van der Waals surface area (Å²) in [6, 6.07) is 4.73. The van der Waals surface area contributed by atoms with E-state index in [1.165, 1.54) is 0 Å². The van der Waals surface area contributed by atoms with Crippen LogP contribution in [0.5, 0.6) is 0 Å². The van der Waals surface area contributed by atoms with Crippen molar-refractivity contribution in [1.82, 2.24) is 0 Å². The zero-order valence-corrected chi connectivity index (χ0v) is 13.9. The van der Waals surface area contributed by atoms with Gasteiger partial charge in [-0.3, -0.25) is 9.59 Å². The fourth-order valence-corrected chi connectivity index (χ4v) is 3.18. The number of benzene rings is 1. The molecule has 120 valence electrons. The number of halogens is 2. The van der Waals surface area contributed by atoms with Crippen molar-refractivity contribution in [2.75, 3.05) is 18.4 Å². The van der Waals surface area contributed by atoms with Crippen molar-refractivity contribution in [2.24, 2.45) is 11.7 Å². The number of carbonyl (C=O) groups is 2. The summed E-state index contributed by atoms with van der Waals surface area (Å²) >= 11 is 11.9. The zero-order chi connectivity index (χ0) is 16.3. The van der Waals surface area contributed by atoms with E-state index in [4.69, 9.17) is 28.9 Å². The molecule has 0 aliphatic carbocycles. The van der Waals surface area contributed by atoms with Crippen molar-refractivity contribution in [2.45, 2.75) is 25.8 Å². The Bertz CT molecular complexity index is 572. The Morgan fingerprint density at radius 2 is 1.95 bits per heavy atom. The van der Waals surface area contributed by atoms with Gasteiger partial charge < -0.3 is 16.0 Å². The second-order valence-corrected chi connectivity index (χ2v) is 6.51. The molecule has 7 heteroatoms. The van der Waals surface area contributed by atoms with E-state index in [1.807, 2.05) is 6.92 Å². The van der Waals surface area contributed by atoms with Crippen LogP contribution >= 0.6 is 23.2 Å². The Labute approximate surface area is 139 Å². The first-order valence-electron chi connectivity index (χ1n) is 7.28. The van der Waals surface area contributed by atoms with E-state index in [0.29, 0.717) is 15.7 Å². The third-order valence-corrected chi connectivity index (χ3v) is 4.77. The summed E-state index contributed by atoms with van der Waals surface area (Å²) in [6.07, 6.45) is 1.45. The van der Waals surface area contributed by atoms with E-state index in [1.54, 1.807) is 18.2 Å². The molecule has 1 heterocycles. The number of hydrogen-bond acceptors (Lipinski definition) is 2. The molecule has 1 aliphatic rings. The fraction of sp³-hybridized carbons (Fsp3) is 0.467. The number of hydrogen-bond donors (Lipinski definition) is 3. The van der Waals surface area contributed by atoms with Crippen LogP contribution in [-0.2, 0) is 9.59 Å². The molecular formula is C15H20Cl2N3O2+. The monoisotopic (exact) mass is 344 g/mol. The predicted octanol–water partition coefficient (Wildman–Crippen LogP) is 1.10. The molecule has 1 atom stereocenters. The summed E-state index contributed by atoms with van der Waals surface area (Å²) in [5, 5.41) is 3.76. The van der Waals surface area contributed by atoms with Gasteiger partial charge in [-0.2, -0.15) is 0 Å². The van der Waals surface area contributed by atoms with E-state index in [2.05, 4.69) is 5.32 Å². The fourth-order valence-electron chi connectivity index (χ4n) is 2.72. The lowest BCUT2D eigenvalue weighted by Gasteiger charge is -2.31. The molecule has 0 saturated carbocycles. The molecule has 1 aromatic rings. The minimum atomic E-state index is -0.246. The zero-order valence-electron chi connectivity index (χ0n) is 12.4. The largest absolute Gasteiger partial charge is 0.369 e. The SMILES string of the molecule is C[C@@H](C(=O)Nc1ccc(Cl)cc1Cl)[NH+]1CCC(C(N)=O)CC1. The summed E-state index contributed by atoms with van der Waals surface area (Å²) in [7, 11) is 0. The molecule has 1 aliphatic heterocycles. The van der Waals surface area contributed by atoms with Crippen LogP contribution in [0.15, 0.2) is 18.2 Å². The Balaban J connectivity index is 1.94. The highest BCUT2D eigenvalue weighted by Gasteiger charge is 2.32. The van der Waals surface area contributed by atoms with Gasteiger partial charge in [0.05, 0.1) is 23.8 Å². The topological polar surface area (TPSA) is 76.6 Å². The van der Waals surface area contributed by atoms with Crippen LogP contribution in [0.1, 0.15) is 19.8 Å². The normalized spacial score (nSPS) is 22.9. The quantitative estimate of drug-likeness (QED) is 0.764.